The molecule has 0 aliphatic carbocycles. The summed E-state index contributed by atoms with van der Waals surface area (Å²) in [7, 11) is 0. The van der Waals surface area contributed by atoms with Crippen molar-refractivity contribution < 1.29 is 14.3 Å². The molecule has 0 fully saturated rings. The first-order valence-electron chi connectivity index (χ1n) is 9.11. The maximum Gasteiger partial charge on any atom is 0.324 e. The van der Waals surface area contributed by atoms with E-state index in [1.165, 1.54) is 6.92 Å². The summed E-state index contributed by atoms with van der Waals surface area (Å²) in [5, 5.41) is 1.97. The minimum atomic E-state index is -0.862. The molecule has 28 heavy (non-hydrogen) atoms. The molecule has 1 atom stereocenters. The molecule has 6 nitrogen and oxygen atoms in total. The lowest BCUT2D eigenvalue weighted by Crippen LogP contribution is -2.35. The van der Waals surface area contributed by atoms with E-state index in [-0.39, 0.29) is 18.9 Å². The van der Waals surface area contributed by atoms with Crippen LogP contribution in [0.15, 0.2) is 60.8 Å². The van der Waals surface area contributed by atoms with E-state index < -0.39 is 12.0 Å². The van der Waals surface area contributed by atoms with Gasteiger partial charge in [0.15, 0.2) is 12.5 Å². The number of esters is 1. The third-order valence-electron chi connectivity index (χ3n) is 4.92. The largest absolute Gasteiger partial charge is 0.443 e. The lowest BCUT2D eigenvalue weighted by Gasteiger charge is -2.13. The Kier molecular flexibility index (Phi) is 4.71. The molecule has 4 aromatic rings. The van der Waals surface area contributed by atoms with Crippen molar-refractivity contribution in [3.63, 3.8) is 0 Å². The number of carbonyl (C=O) groups excluding carboxylic acids is 2. The van der Waals surface area contributed by atoms with Crippen LogP contribution in [-0.2, 0) is 22.7 Å². The van der Waals surface area contributed by atoms with Gasteiger partial charge in [-0.25, -0.2) is 0 Å². The van der Waals surface area contributed by atoms with Crippen LogP contribution in [0.5, 0.6) is 0 Å². The van der Waals surface area contributed by atoms with E-state index in [2.05, 4.69) is 4.98 Å². The fourth-order valence-corrected chi connectivity index (χ4v) is 3.51. The number of aromatic amines is 1. The van der Waals surface area contributed by atoms with Crippen molar-refractivity contribution in [2.75, 3.05) is 0 Å². The summed E-state index contributed by atoms with van der Waals surface area (Å²) in [6, 6.07) is 16.6. The van der Waals surface area contributed by atoms with Gasteiger partial charge in [-0.2, -0.15) is 0 Å². The van der Waals surface area contributed by atoms with Crippen LogP contribution in [0.1, 0.15) is 23.0 Å². The highest BCUT2D eigenvalue weighted by molar-refractivity contribution is 6.01. The van der Waals surface area contributed by atoms with E-state index in [0.29, 0.717) is 5.69 Å². The minimum absolute atomic E-state index is 0.0908. The molecular weight excluding hydrogens is 354 g/mol. The first-order chi connectivity index (χ1) is 13.5. The second kappa shape index (κ2) is 7.32. The maximum absolute atomic E-state index is 12.5. The predicted molar refractivity (Wildman–Crippen MR) is 108 cm³/mol. The average molecular weight is 375 g/mol. The fraction of sp³-hybridized carbons (Fsp3) is 0.182. The van der Waals surface area contributed by atoms with Gasteiger partial charge in [-0.1, -0.05) is 36.4 Å². The Labute approximate surface area is 161 Å². The molecule has 0 amide bonds. The fourth-order valence-electron chi connectivity index (χ4n) is 3.51. The Morgan fingerprint density at radius 3 is 2.68 bits per heavy atom. The van der Waals surface area contributed by atoms with Crippen molar-refractivity contribution in [2.45, 2.75) is 26.1 Å². The Morgan fingerprint density at radius 1 is 1.11 bits per heavy atom. The van der Waals surface area contributed by atoms with Crippen LogP contribution in [-0.4, -0.2) is 27.3 Å². The molecular formula is C22H21N3O3. The van der Waals surface area contributed by atoms with Crippen LogP contribution in [0.2, 0.25) is 0 Å². The van der Waals surface area contributed by atoms with E-state index in [1.807, 2.05) is 65.4 Å². The highest BCUT2D eigenvalue weighted by Gasteiger charge is 2.22. The van der Waals surface area contributed by atoms with Gasteiger partial charge in [0.05, 0.1) is 11.2 Å². The number of hydrogen-bond donors (Lipinski definition) is 2. The molecule has 6 heteroatoms. The van der Waals surface area contributed by atoms with Crippen molar-refractivity contribution in [3.05, 3.63) is 72.1 Å². The highest BCUT2D eigenvalue weighted by atomic mass is 16.5. The summed E-state index contributed by atoms with van der Waals surface area (Å²) in [4.78, 5) is 27.6. The number of aromatic nitrogens is 2. The monoisotopic (exact) mass is 375 g/mol. The van der Waals surface area contributed by atoms with E-state index >= 15 is 0 Å². The number of fused-ring (bicyclic) bond motifs is 2. The Morgan fingerprint density at radius 2 is 1.86 bits per heavy atom. The van der Waals surface area contributed by atoms with Crippen LogP contribution >= 0.6 is 0 Å². The van der Waals surface area contributed by atoms with Gasteiger partial charge in [0, 0.05) is 30.4 Å². The average Bonchev–Trinajstić information content (AvgIpc) is 3.28. The van der Waals surface area contributed by atoms with Crippen molar-refractivity contribution in [2.24, 2.45) is 5.73 Å². The van der Waals surface area contributed by atoms with Crippen LogP contribution in [0, 0.1) is 0 Å². The van der Waals surface area contributed by atoms with Crippen molar-refractivity contribution >= 4 is 33.6 Å². The number of carbonyl (C=O) groups is 2. The first-order valence-corrected chi connectivity index (χ1v) is 9.11. The number of ether oxygens (including phenoxy) is 1. The third kappa shape index (κ3) is 3.30. The van der Waals surface area contributed by atoms with Gasteiger partial charge in [-0.3, -0.25) is 9.59 Å². The summed E-state index contributed by atoms with van der Waals surface area (Å²) < 4.78 is 7.28. The molecule has 2 aromatic heterocycles. The number of Topliss-reactive ketones (excluding diaryl/α,β-unsaturated/α-hetero) is 1. The number of H-pyrrole nitrogens is 1. The molecule has 0 saturated heterocycles. The Bertz CT molecular complexity index is 1170. The second-order valence-electron chi connectivity index (χ2n) is 6.83. The molecule has 0 saturated carbocycles. The van der Waals surface area contributed by atoms with E-state index in [0.717, 1.165) is 27.4 Å². The molecule has 0 aliphatic rings. The molecule has 0 bridgehead atoms. The van der Waals surface area contributed by atoms with Crippen molar-refractivity contribution in [3.8, 4) is 0 Å². The molecule has 0 spiro atoms. The second-order valence-corrected chi connectivity index (χ2v) is 6.83. The number of benzene rings is 2. The Hall–Kier alpha value is -3.38. The van der Waals surface area contributed by atoms with Gasteiger partial charge in [-0.15, -0.1) is 0 Å². The van der Waals surface area contributed by atoms with Gasteiger partial charge in [0.1, 0.15) is 6.04 Å². The summed E-state index contributed by atoms with van der Waals surface area (Å²) in [6.45, 7) is 1.59. The van der Waals surface area contributed by atoms with Gasteiger partial charge in [-0.05, 0) is 29.1 Å². The molecule has 0 aliphatic heterocycles. The van der Waals surface area contributed by atoms with Crippen LogP contribution in [0.4, 0.5) is 0 Å². The van der Waals surface area contributed by atoms with E-state index in [4.69, 9.17) is 10.5 Å². The normalized spacial score (nSPS) is 12.4. The van der Waals surface area contributed by atoms with Gasteiger partial charge in [0.2, 0.25) is 0 Å². The smallest absolute Gasteiger partial charge is 0.324 e. The summed E-state index contributed by atoms with van der Waals surface area (Å²) in [5.74, 6) is -0.594. The zero-order chi connectivity index (χ0) is 19.7. The number of ketones is 1. The Balaban J connectivity index is 1.50. The molecule has 0 radical (unpaired) electrons. The van der Waals surface area contributed by atoms with E-state index in [1.54, 1.807) is 0 Å². The molecule has 1 unspecified atom stereocenters. The molecule has 142 valence electrons. The third-order valence-corrected chi connectivity index (χ3v) is 4.92. The quantitative estimate of drug-likeness (QED) is 0.399. The van der Waals surface area contributed by atoms with E-state index in [9.17, 15) is 9.59 Å². The number of nitrogens with zero attached hydrogens (tertiary/aromatic N) is 1. The van der Waals surface area contributed by atoms with Crippen LogP contribution in [0.3, 0.4) is 0 Å². The summed E-state index contributed by atoms with van der Waals surface area (Å²) in [6.07, 6.45) is 2.10. The van der Waals surface area contributed by atoms with Crippen molar-refractivity contribution in [1.29, 1.82) is 0 Å². The maximum atomic E-state index is 12.5. The van der Waals surface area contributed by atoms with Gasteiger partial charge in [0.25, 0.3) is 0 Å². The molecule has 4 rings (SSSR count). The number of hydrogen-bond acceptors (Lipinski definition) is 4. The standard InChI is InChI=1S/C22H21N3O3/c1-14(26)21-17(16-7-3-4-8-19(16)24-21)12-18(23)22(27)28-13-25-11-10-15-6-2-5-9-20(15)25/h2-11,18,24H,12-13,23H2,1H3. The lowest BCUT2D eigenvalue weighted by atomic mass is 10.0. The highest BCUT2D eigenvalue weighted by Crippen LogP contribution is 2.24. The van der Waals surface area contributed by atoms with Gasteiger partial charge >= 0.3 is 5.97 Å². The van der Waals surface area contributed by atoms with Gasteiger partial charge < -0.3 is 20.0 Å². The lowest BCUT2D eigenvalue weighted by molar-refractivity contribution is -0.148. The number of rotatable bonds is 6. The number of nitrogens with one attached hydrogen (secondary N) is 1. The minimum Gasteiger partial charge on any atom is -0.443 e. The SMILES string of the molecule is CC(=O)c1[nH]c2ccccc2c1CC(N)C(=O)OCn1ccc2ccccc21. The number of nitrogens with two attached hydrogens (primary N) is 1. The van der Waals surface area contributed by atoms with Crippen LogP contribution < -0.4 is 5.73 Å². The zero-order valence-corrected chi connectivity index (χ0v) is 15.5. The molecule has 3 N–H and O–H groups in total. The summed E-state index contributed by atoms with van der Waals surface area (Å²) >= 11 is 0. The number of para-hydroxylation sites is 2. The topological polar surface area (TPSA) is 90.1 Å². The first kappa shape index (κ1) is 18.0. The molecule has 2 aromatic carbocycles. The predicted octanol–water partition coefficient (Wildman–Crippen LogP) is 3.40. The molecule has 2 heterocycles. The zero-order valence-electron chi connectivity index (χ0n) is 15.5. The van der Waals surface area contributed by atoms with Crippen molar-refractivity contribution in [1.82, 2.24) is 9.55 Å². The summed E-state index contributed by atoms with van der Waals surface area (Å²) in [5.41, 5.74) is 9.18. The van der Waals surface area contributed by atoms with Crippen LogP contribution in [0.25, 0.3) is 21.8 Å².